The third-order valence-corrected chi connectivity index (χ3v) is 4.19. The van der Waals surface area contributed by atoms with E-state index in [1.165, 1.54) is 12.1 Å². The summed E-state index contributed by atoms with van der Waals surface area (Å²) in [6, 6.07) is 6.44. The van der Waals surface area contributed by atoms with Gasteiger partial charge < -0.3 is 9.80 Å². The summed E-state index contributed by atoms with van der Waals surface area (Å²) in [5, 5.41) is 0. The van der Waals surface area contributed by atoms with E-state index >= 15 is 0 Å². The predicted molar refractivity (Wildman–Crippen MR) is 83.3 cm³/mol. The molecule has 114 valence electrons. The summed E-state index contributed by atoms with van der Waals surface area (Å²) in [4.78, 5) is 16.4. The number of hydrogen-bond donors (Lipinski definition) is 0. The van der Waals surface area contributed by atoms with Gasteiger partial charge >= 0.3 is 0 Å². The number of amides is 1. The Labute approximate surface area is 126 Å². The second kappa shape index (κ2) is 7.36. The first-order chi connectivity index (χ1) is 10.1. The molecule has 0 bridgehead atoms. The first kappa shape index (κ1) is 15.7. The largest absolute Gasteiger partial charge is 0.339 e. The van der Waals surface area contributed by atoms with Crippen molar-refractivity contribution in [2.45, 2.75) is 25.8 Å². The normalized spacial score (nSPS) is 17.3. The highest BCUT2D eigenvalue weighted by Crippen LogP contribution is 2.15. The molecule has 1 saturated heterocycles. The molecule has 1 amide bonds. The van der Waals surface area contributed by atoms with Gasteiger partial charge in [0, 0.05) is 32.3 Å². The van der Waals surface area contributed by atoms with E-state index in [1.54, 1.807) is 24.3 Å². The molecule has 1 aliphatic rings. The molecule has 1 heterocycles. The van der Waals surface area contributed by atoms with Gasteiger partial charge in [0.1, 0.15) is 5.82 Å². The topological polar surface area (TPSA) is 23.6 Å². The second-order valence-corrected chi connectivity index (χ2v) is 5.50. The van der Waals surface area contributed by atoms with Gasteiger partial charge in [-0.25, -0.2) is 4.39 Å². The second-order valence-electron chi connectivity index (χ2n) is 5.50. The summed E-state index contributed by atoms with van der Waals surface area (Å²) in [6.07, 6.45) is 5.36. The first-order valence-electron chi connectivity index (χ1n) is 7.53. The lowest BCUT2D eigenvalue weighted by Gasteiger charge is -2.35. The van der Waals surface area contributed by atoms with Gasteiger partial charge in [0.2, 0.25) is 5.91 Å². The van der Waals surface area contributed by atoms with E-state index in [4.69, 9.17) is 0 Å². The van der Waals surface area contributed by atoms with Crippen LogP contribution in [0.3, 0.4) is 0 Å². The summed E-state index contributed by atoms with van der Waals surface area (Å²) in [5.74, 6) is -0.257. The van der Waals surface area contributed by atoms with E-state index in [2.05, 4.69) is 11.8 Å². The standard InChI is InChI=1S/C17H23FN2O/c1-3-20-12-10-16(11-13-20)19(2)17(21)9-6-14-4-7-15(18)8-5-14/h4-9,16H,3,10-13H2,1-2H3/b9-6+. The number of rotatable bonds is 4. The van der Waals surface area contributed by atoms with Crippen molar-refractivity contribution in [3.05, 3.63) is 41.7 Å². The number of likely N-dealkylation sites (tertiary alicyclic amines) is 1. The van der Waals surface area contributed by atoms with Crippen molar-refractivity contribution in [3.8, 4) is 0 Å². The van der Waals surface area contributed by atoms with Crippen LogP contribution in [0, 0.1) is 5.82 Å². The summed E-state index contributed by atoms with van der Waals surface area (Å²) < 4.78 is 12.8. The number of hydrogen-bond acceptors (Lipinski definition) is 2. The number of carbonyl (C=O) groups is 1. The van der Waals surface area contributed by atoms with Crippen molar-refractivity contribution < 1.29 is 9.18 Å². The molecule has 1 aromatic rings. The number of nitrogens with zero attached hydrogens (tertiary/aromatic N) is 2. The number of benzene rings is 1. The fourth-order valence-electron chi connectivity index (χ4n) is 2.66. The van der Waals surface area contributed by atoms with Crippen molar-refractivity contribution in [3.63, 3.8) is 0 Å². The molecule has 1 aliphatic heterocycles. The quantitative estimate of drug-likeness (QED) is 0.796. The van der Waals surface area contributed by atoms with Crippen molar-refractivity contribution in [1.29, 1.82) is 0 Å². The Hall–Kier alpha value is -1.68. The Kier molecular flexibility index (Phi) is 5.51. The average molecular weight is 290 g/mol. The summed E-state index contributed by atoms with van der Waals surface area (Å²) in [7, 11) is 1.86. The maximum absolute atomic E-state index is 12.8. The molecule has 0 spiro atoms. The predicted octanol–water partition coefficient (Wildman–Crippen LogP) is 2.78. The van der Waals surface area contributed by atoms with Crippen LogP contribution < -0.4 is 0 Å². The van der Waals surface area contributed by atoms with Gasteiger partial charge in [-0.15, -0.1) is 0 Å². The summed E-state index contributed by atoms with van der Waals surface area (Å²) >= 11 is 0. The molecule has 21 heavy (non-hydrogen) atoms. The van der Waals surface area contributed by atoms with Gasteiger partial charge in [0.15, 0.2) is 0 Å². The van der Waals surface area contributed by atoms with Crippen molar-refractivity contribution >= 4 is 12.0 Å². The molecule has 1 aromatic carbocycles. The molecular weight excluding hydrogens is 267 g/mol. The van der Waals surface area contributed by atoms with Crippen LogP contribution in [0.25, 0.3) is 6.08 Å². The Bertz CT molecular complexity index is 490. The zero-order chi connectivity index (χ0) is 15.2. The maximum Gasteiger partial charge on any atom is 0.246 e. The average Bonchev–Trinajstić information content (AvgIpc) is 2.53. The number of carbonyl (C=O) groups excluding carboxylic acids is 1. The van der Waals surface area contributed by atoms with Crippen LogP contribution in [0.4, 0.5) is 4.39 Å². The minimum absolute atomic E-state index is 0.00859. The van der Waals surface area contributed by atoms with E-state index < -0.39 is 0 Å². The van der Waals surface area contributed by atoms with Crippen LogP contribution in [0.1, 0.15) is 25.3 Å². The molecule has 0 N–H and O–H groups in total. The highest BCUT2D eigenvalue weighted by atomic mass is 19.1. The van der Waals surface area contributed by atoms with Gasteiger partial charge in [0.05, 0.1) is 0 Å². The van der Waals surface area contributed by atoms with Crippen LogP contribution >= 0.6 is 0 Å². The van der Waals surface area contributed by atoms with E-state index in [1.807, 2.05) is 11.9 Å². The zero-order valence-electron chi connectivity index (χ0n) is 12.8. The molecule has 3 nitrogen and oxygen atoms in total. The Morgan fingerprint density at radius 1 is 1.33 bits per heavy atom. The fraction of sp³-hybridized carbons (Fsp3) is 0.471. The minimum Gasteiger partial charge on any atom is -0.339 e. The summed E-state index contributed by atoms with van der Waals surface area (Å²) in [5.41, 5.74) is 0.832. The number of piperidine rings is 1. The molecule has 2 rings (SSSR count). The molecular formula is C17H23FN2O. The Balaban J connectivity index is 1.89. The molecule has 0 aromatic heterocycles. The molecule has 0 unspecified atom stereocenters. The zero-order valence-corrected chi connectivity index (χ0v) is 12.8. The van der Waals surface area contributed by atoms with Gasteiger partial charge in [-0.3, -0.25) is 4.79 Å². The van der Waals surface area contributed by atoms with E-state index in [9.17, 15) is 9.18 Å². The molecule has 0 atom stereocenters. The van der Waals surface area contributed by atoms with E-state index in [0.717, 1.165) is 38.0 Å². The highest BCUT2D eigenvalue weighted by Gasteiger charge is 2.23. The third-order valence-electron chi connectivity index (χ3n) is 4.19. The molecule has 0 radical (unpaired) electrons. The molecule has 4 heteroatoms. The molecule has 0 aliphatic carbocycles. The Morgan fingerprint density at radius 3 is 2.52 bits per heavy atom. The monoisotopic (exact) mass is 290 g/mol. The lowest BCUT2D eigenvalue weighted by molar-refractivity contribution is -0.127. The summed E-state index contributed by atoms with van der Waals surface area (Å²) in [6.45, 7) is 5.36. The van der Waals surface area contributed by atoms with Crippen molar-refractivity contribution in [1.82, 2.24) is 9.80 Å². The SMILES string of the molecule is CCN1CCC(N(C)C(=O)/C=C/c2ccc(F)cc2)CC1. The number of likely N-dealkylation sites (N-methyl/N-ethyl adjacent to an activating group) is 1. The van der Waals surface area contributed by atoms with Crippen LogP contribution in [0.15, 0.2) is 30.3 Å². The van der Waals surface area contributed by atoms with E-state index in [-0.39, 0.29) is 11.7 Å². The van der Waals surface area contributed by atoms with Crippen LogP contribution in [-0.2, 0) is 4.79 Å². The minimum atomic E-state index is -0.265. The molecule has 0 saturated carbocycles. The van der Waals surface area contributed by atoms with Gasteiger partial charge in [0.25, 0.3) is 0 Å². The first-order valence-corrected chi connectivity index (χ1v) is 7.53. The van der Waals surface area contributed by atoms with Crippen LogP contribution in [-0.4, -0.2) is 48.4 Å². The van der Waals surface area contributed by atoms with Gasteiger partial charge in [-0.2, -0.15) is 0 Å². The smallest absolute Gasteiger partial charge is 0.246 e. The van der Waals surface area contributed by atoms with Crippen LogP contribution in [0.2, 0.25) is 0 Å². The van der Waals surface area contributed by atoms with Crippen LogP contribution in [0.5, 0.6) is 0 Å². The van der Waals surface area contributed by atoms with E-state index in [0.29, 0.717) is 6.04 Å². The van der Waals surface area contributed by atoms with Crippen molar-refractivity contribution in [2.24, 2.45) is 0 Å². The molecule has 1 fully saturated rings. The maximum atomic E-state index is 12.8. The van der Waals surface area contributed by atoms with Gasteiger partial charge in [-0.1, -0.05) is 19.1 Å². The lowest BCUT2D eigenvalue weighted by Crippen LogP contribution is -2.45. The third kappa shape index (κ3) is 4.39. The Morgan fingerprint density at radius 2 is 1.95 bits per heavy atom. The number of halogens is 1. The van der Waals surface area contributed by atoms with Crippen molar-refractivity contribution in [2.75, 3.05) is 26.7 Å². The highest BCUT2D eigenvalue weighted by molar-refractivity contribution is 5.91. The lowest BCUT2D eigenvalue weighted by atomic mass is 10.0. The van der Waals surface area contributed by atoms with Gasteiger partial charge in [-0.05, 0) is 43.2 Å². The fourth-order valence-corrected chi connectivity index (χ4v) is 2.66.